The highest BCUT2D eigenvalue weighted by Crippen LogP contribution is 2.41. The molecule has 1 aromatic carbocycles. The van der Waals surface area contributed by atoms with Gasteiger partial charge < -0.3 is 15.8 Å². The molecule has 1 unspecified atom stereocenters. The number of ether oxygens (including phenoxy) is 1. The molecule has 0 amide bonds. The summed E-state index contributed by atoms with van der Waals surface area (Å²) in [5.41, 5.74) is 3.44. The van der Waals surface area contributed by atoms with E-state index in [0.717, 1.165) is 18.3 Å². The highest BCUT2D eigenvalue weighted by Gasteiger charge is 2.51. The number of nitrogens with one attached hydrogen (secondary N) is 1. The van der Waals surface area contributed by atoms with E-state index in [1.807, 2.05) is 12.0 Å². The van der Waals surface area contributed by atoms with Gasteiger partial charge in [-0.3, -0.25) is 0 Å². The molecule has 3 N–H and O–H groups in total. The molecule has 11 heteroatoms. The maximum Gasteiger partial charge on any atom is 0.425 e. The van der Waals surface area contributed by atoms with Crippen molar-refractivity contribution in [1.29, 1.82) is 5.26 Å². The fourth-order valence-corrected chi connectivity index (χ4v) is 2.95. The third kappa shape index (κ3) is 4.25. The first-order chi connectivity index (χ1) is 14.2. The molecule has 0 bridgehead atoms. The average molecular weight is 421 g/mol. The van der Waals surface area contributed by atoms with Crippen LogP contribution in [0.15, 0.2) is 41.5 Å². The van der Waals surface area contributed by atoms with Crippen LogP contribution in [-0.4, -0.2) is 23.3 Å². The van der Waals surface area contributed by atoms with E-state index >= 15 is 0 Å². The molecule has 2 atom stereocenters. The molecule has 0 spiro atoms. The summed E-state index contributed by atoms with van der Waals surface area (Å²) >= 11 is 0. The number of halogens is 5. The number of pyridine rings is 1. The number of rotatable bonds is 3. The number of amidine groups is 1. The lowest BCUT2D eigenvalue weighted by Gasteiger charge is -2.35. The third-order valence-electron chi connectivity index (χ3n) is 4.24. The SMILES string of the molecule is N#Cc1cc(Nc2ccc(F)c([C@]3(C#CF)CC(C(F)(F)F)OC(N)=N3)c2)ccn1. The predicted molar refractivity (Wildman–Crippen MR) is 96.4 cm³/mol. The first-order valence-corrected chi connectivity index (χ1v) is 8.31. The Morgan fingerprint density at radius 3 is 2.63 bits per heavy atom. The topological polar surface area (TPSA) is 96.3 Å². The van der Waals surface area contributed by atoms with Gasteiger partial charge in [0, 0.05) is 29.6 Å². The van der Waals surface area contributed by atoms with Crippen LogP contribution in [0.4, 0.5) is 33.3 Å². The van der Waals surface area contributed by atoms with Crippen LogP contribution in [0.2, 0.25) is 0 Å². The minimum atomic E-state index is -4.86. The van der Waals surface area contributed by atoms with Crippen molar-refractivity contribution in [1.82, 2.24) is 4.98 Å². The molecule has 6 nitrogen and oxygen atoms in total. The zero-order chi connectivity index (χ0) is 21.9. The number of hydrogen-bond donors (Lipinski definition) is 2. The number of aliphatic imine (C=N–C) groups is 1. The Balaban J connectivity index is 2.07. The lowest BCUT2D eigenvalue weighted by atomic mass is 9.84. The largest absolute Gasteiger partial charge is 0.452 e. The molecule has 1 aromatic heterocycles. The molecule has 0 fully saturated rings. The fourth-order valence-electron chi connectivity index (χ4n) is 2.95. The van der Waals surface area contributed by atoms with Gasteiger partial charge in [0.25, 0.3) is 6.02 Å². The summed E-state index contributed by atoms with van der Waals surface area (Å²) in [6.45, 7) is 0. The Labute approximate surface area is 167 Å². The molecular weight excluding hydrogens is 409 g/mol. The highest BCUT2D eigenvalue weighted by atomic mass is 19.4. The summed E-state index contributed by atoms with van der Waals surface area (Å²) in [4.78, 5) is 7.52. The van der Waals surface area contributed by atoms with Crippen molar-refractivity contribution in [2.75, 3.05) is 5.32 Å². The minimum absolute atomic E-state index is 0.108. The summed E-state index contributed by atoms with van der Waals surface area (Å²) in [5.74, 6) is 0.949. The lowest BCUT2D eigenvalue weighted by molar-refractivity contribution is -0.206. The zero-order valence-electron chi connectivity index (χ0n) is 15.0. The quantitative estimate of drug-likeness (QED) is 0.583. The fraction of sp³-hybridized carbons (Fsp3) is 0.211. The molecule has 1 aliphatic heterocycles. The van der Waals surface area contributed by atoms with Crippen molar-refractivity contribution in [2.24, 2.45) is 10.7 Å². The Bertz CT molecular complexity index is 1100. The van der Waals surface area contributed by atoms with Crippen molar-refractivity contribution in [3.63, 3.8) is 0 Å². The second-order valence-corrected chi connectivity index (χ2v) is 6.24. The van der Waals surface area contributed by atoms with E-state index in [1.165, 1.54) is 24.4 Å². The van der Waals surface area contributed by atoms with Gasteiger partial charge in [0.1, 0.15) is 23.8 Å². The molecule has 3 rings (SSSR count). The van der Waals surface area contributed by atoms with Crippen molar-refractivity contribution < 1.29 is 26.7 Å². The van der Waals surface area contributed by atoms with Crippen LogP contribution >= 0.6 is 0 Å². The molecule has 30 heavy (non-hydrogen) atoms. The molecule has 0 saturated heterocycles. The van der Waals surface area contributed by atoms with Crippen molar-refractivity contribution in [3.05, 3.63) is 53.6 Å². The van der Waals surface area contributed by atoms with E-state index in [0.29, 0.717) is 5.69 Å². The highest BCUT2D eigenvalue weighted by molar-refractivity contribution is 5.74. The molecular formula is C19H12F5N5O. The molecule has 2 aromatic rings. The number of alkyl halides is 3. The lowest BCUT2D eigenvalue weighted by Crippen LogP contribution is -2.46. The van der Waals surface area contributed by atoms with Crippen LogP contribution in [0.3, 0.4) is 0 Å². The van der Waals surface area contributed by atoms with Gasteiger partial charge in [-0.15, -0.1) is 4.39 Å². The second kappa shape index (κ2) is 7.87. The number of anilines is 2. The van der Waals surface area contributed by atoms with Crippen LogP contribution in [0.25, 0.3) is 0 Å². The predicted octanol–water partition coefficient (Wildman–Crippen LogP) is 3.63. The molecule has 0 radical (unpaired) electrons. The Hall–Kier alpha value is -3.86. The third-order valence-corrected chi connectivity index (χ3v) is 4.24. The molecule has 154 valence electrons. The van der Waals surface area contributed by atoms with Crippen molar-refractivity contribution in [3.8, 4) is 18.2 Å². The van der Waals surface area contributed by atoms with E-state index in [4.69, 9.17) is 11.0 Å². The smallest absolute Gasteiger partial charge is 0.425 e. The van der Waals surface area contributed by atoms with Gasteiger partial charge in [0.2, 0.25) is 6.10 Å². The molecule has 0 aliphatic carbocycles. The summed E-state index contributed by atoms with van der Waals surface area (Å²) in [5, 5.41) is 11.8. The van der Waals surface area contributed by atoms with E-state index in [1.54, 1.807) is 0 Å². The first kappa shape index (κ1) is 20.9. The Morgan fingerprint density at radius 1 is 1.23 bits per heavy atom. The summed E-state index contributed by atoms with van der Waals surface area (Å²) in [6.07, 6.45) is -5.94. The van der Waals surface area contributed by atoms with Crippen LogP contribution in [0.1, 0.15) is 17.7 Å². The van der Waals surface area contributed by atoms with Crippen LogP contribution in [0, 0.1) is 29.2 Å². The summed E-state index contributed by atoms with van der Waals surface area (Å²) < 4.78 is 71.8. The first-order valence-electron chi connectivity index (χ1n) is 8.31. The standard InChI is InChI=1S/C19H12F5N5O/c20-5-4-18(9-16(19(22,23)24)30-17(26)29-18)14-8-11(1-2-15(14)21)28-12-3-6-27-13(7-12)10-25/h1-3,6-8,16H,9H2,(H2,26,29)(H,27,28)/t16?,18-/m0/s1. The van der Waals surface area contributed by atoms with Gasteiger partial charge in [-0.2, -0.15) is 18.4 Å². The average Bonchev–Trinajstić information content (AvgIpc) is 2.68. The normalized spacial score (nSPS) is 20.8. The number of benzene rings is 1. The van der Waals surface area contributed by atoms with Crippen molar-refractivity contribution >= 4 is 17.4 Å². The van der Waals surface area contributed by atoms with Gasteiger partial charge >= 0.3 is 6.18 Å². The number of nitriles is 1. The second-order valence-electron chi connectivity index (χ2n) is 6.24. The van der Waals surface area contributed by atoms with Gasteiger partial charge in [0.05, 0.1) is 0 Å². The molecule has 2 heterocycles. The Kier molecular flexibility index (Phi) is 5.47. The van der Waals surface area contributed by atoms with E-state index in [9.17, 15) is 22.0 Å². The number of nitrogens with zero attached hydrogens (tertiary/aromatic N) is 3. The maximum atomic E-state index is 14.6. The van der Waals surface area contributed by atoms with E-state index in [2.05, 4.69) is 20.0 Å². The van der Waals surface area contributed by atoms with Crippen molar-refractivity contribution in [2.45, 2.75) is 24.2 Å². The number of hydrogen-bond acceptors (Lipinski definition) is 6. The summed E-state index contributed by atoms with van der Waals surface area (Å²) in [6, 6.07) is 7.29. The van der Waals surface area contributed by atoms with Gasteiger partial charge in [-0.05, 0) is 36.3 Å². The minimum Gasteiger partial charge on any atom is -0.452 e. The molecule has 0 saturated carbocycles. The number of nitrogens with two attached hydrogens (primary N) is 1. The van der Waals surface area contributed by atoms with Crippen LogP contribution in [-0.2, 0) is 10.3 Å². The maximum absolute atomic E-state index is 14.6. The Morgan fingerprint density at radius 2 is 1.97 bits per heavy atom. The van der Waals surface area contributed by atoms with Crippen LogP contribution in [0.5, 0.6) is 0 Å². The summed E-state index contributed by atoms with van der Waals surface area (Å²) in [7, 11) is 0. The monoisotopic (exact) mass is 421 g/mol. The van der Waals surface area contributed by atoms with E-state index < -0.39 is 41.6 Å². The molecule has 1 aliphatic rings. The van der Waals surface area contributed by atoms with E-state index in [-0.39, 0.29) is 11.4 Å². The number of aromatic nitrogens is 1. The van der Waals surface area contributed by atoms with Crippen LogP contribution < -0.4 is 11.1 Å². The van der Waals surface area contributed by atoms with Gasteiger partial charge in [-0.1, -0.05) is 0 Å². The van der Waals surface area contributed by atoms with Gasteiger partial charge in [-0.25, -0.2) is 14.4 Å². The zero-order valence-corrected chi connectivity index (χ0v) is 15.0. The van der Waals surface area contributed by atoms with Gasteiger partial charge in [0.15, 0.2) is 5.54 Å².